The molecule has 0 aliphatic rings. The van der Waals surface area contributed by atoms with Crippen LogP contribution in [0.1, 0.15) is 21.9 Å². The first kappa shape index (κ1) is 12.8. The number of aryl methyl sites for hydroxylation is 2. The molecule has 0 unspecified atom stereocenters. The third-order valence-electron chi connectivity index (χ3n) is 2.48. The number of rotatable bonds is 4. The summed E-state index contributed by atoms with van der Waals surface area (Å²) in [4.78, 5) is 13.0. The van der Waals surface area contributed by atoms with Crippen molar-refractivity contribution in [2.45, 2.75) is 18.7 Å². The molecule has 3 heteroatoms. The van der Waals surface area contributed by atoms with Crippen molar-refractivity contribution in [2.24, 2.45) is 0 Å². The maximum Gasteiger partial charge on any atom is 0.327 e. The fourth-order valence-corrected chi connectivity index (χ4v) is 2.66. The topological polar surface area (TPSA) is 28.4 Å². The molecule has 0 aliphatic carbocycles. The minimum atomic E-state index is 0.150. The zero-order valence-corrected chi connectivity index (χ0v) is 11.3. The van der Waals surface area contributed by atoms with Crippen molar-refractivity contribution in [2.75, 3.05) is 5.75 Å². The molecule has 0 atom stereocenters. The van der Waals surface area contributed by atoms with E-state index in [0.29, 0.717) is 5.75 Å². The average molecular weight is 259 g/mol. The Labute approximate surface area is 111 Å². The van der Waals surface area contributed by atoms with Gasteiger partial charge in [0.15, 0.2) is 5.78 Å². The number of Topliss-reactive ketones (excluding diaryl/α,β-unsaturated/α-hetero) is 1. The number of carbonyl (C=O) groups excluding carboxylic acids is 1. The van der Waals surface area contributed by atoms with Crippen LogP contribution in [0.5, 0.6) is 0 Å². The van der Waals surface area contributed by atoms with Gasteiger partial charge in [-0.2, -0.15) is 0 Å². The summed E-state index contributed by atoms with van der Waals surface area (Å²) in [6, 6.07) is 13.3. The second-order valence-electron chi connectivity index (χ2n) is 4.09. The van der Waals surface area contributed by atoms with Gasteiger partial charge in [-0.1, -0.05) is 30.3 Å². The van der Waals surface area contributed by atoms with Crippen molar-refractivity contribution >= 4 is 17.5 Å². The van der Waals surface area contributed by atoms with E-state index < -0.39 is 0 Å². The van der Waals surface area contributed by atoms with E-state index in [1.807, 2.05) is 56.3 Å². The van der Waals surface area contributed by atoms with Crippen LogP contribution < -0.4 is 0 Å². The van der Waals surface area contributed by atoms with Gasteiger partial charge in [-0.15, -0.1) is 11.8 Å². The van der Waals surface area contributed by atoms with Crippen LogP contribution >= 0.6 is 11.8 Å². The Morgan fingerprint density at radius 2 is 1.72 bits per heavy atom. The molecule has 18 heavy (non-hydrogen) atoms. The molecular weight excluding hydrogens is 244 g/mol. The first-order chi connectivity index (χ1) is 8.65. The van der Waals surface area contributed by atoms with Gasteiger partial charge in [-0.3, -0.25) is 4.79 Å². The molecular formula is C15H15O2S+. The molecule has 2 rings (SSSR count). The zero-order valence-electron chi connectivity index (χ0n) is 10.5. The highest BCUT2D eigenvalue weighted by molar-refractivity contribution is 8.00. The van der Waals surface area contributed by atoms with Gasteiger partial charge in [-0.05, 0) is 0 Å². The normalized spacial score (nSPS) is 10.3. The number of ketones is 1. The number of benzene rings is 1. The van der Waals surface area contributed by atoms with E-state index >= 15 is 0 Å². The third-order valence-corrected chi connectivity index (χ3v) is 3.45. The van der Waals surface area contributed by atoms with Crippen LogP contribution in [0.4, 0.5) is 0 Å². The van der Waals surface area contributed by atoms with Crippen LogP contribution in [0.3, 0.4) is 0 Å². The van der Waals surface area contributed by atoms with Gasteiger partial charge in [0.25, 0.3) is 0 Å². The number of carbonyl (C=O) groups is 1. The summed E-state index contributed by atoms with van der Waals surface area (Å²) < 4.78 is 5.41. The molecule has 0 aliphatic heterocycles. The van der Waals surface area contributed by atoms with E-state index in [1.54, 1.807) is 11.8 Å². The van der Waals surface area contributed by atoms with Crippen LogP contribution in [0.25, 0.3) is 0 Å². The lowest BCUT2D eigenvalue weighted by atomic mass is 10.2. The highest BCUT2D eigenvalue weighted by Crippen LogP contribution is 2.22. The predicted octanol–water partition coefficient (Wildman–Crippen LogP) is 4.15. The van der Waals surface area contributed by atoms with Crippen LogP contribution in [-0.2, 0) is 0 Å². The molecule has 0 amide bonds. The molecule has 0 bridgehead atoms. The smallest absolute Gasteiger partial charge is 0.293 e. The van der Waals surface area contributed by atoms with Gasteiger partial charge in [0.05, 0.1) is 31.7 Å². The van der Waals surface area contributed by atoms with Crippen LogP contribution in [0.15, 0.2) is 51.8 Å². The van der Waals surface area contributed by atoms with Crippen molar-refractivity contribution in [1.29, 1.82) is 0 Å². The third kappa shape index (κ3) is 3.44. The average Bonchev–Trinajstić information content (AvgIpc) is 2.36. The van der Waals surface area contributed by atoms with Crippen molar-refractivity contribution in [3.8, 4) is 0 Å². The Morgan fingerprint density at radius 3 is 2.33 bits per heavy atom. The molecule has 92 valence electrons. The van der Waals surface area contributed by atoms with Crippen LogP contribution in [-0.4, -0.2) is 11.5 Å². The minimum absolute atomic E-state index is 0.150. The van der Waals surface area contributed by atoms with E-state index in [4.69, 9.17) is 4.42 Å². The number of hydrogen-bond donors (Lipinski definition) is 0. The molecule has 1 aromatic heterocycles. The molecule has 0 saturated carbocycles. The molecule has 0 spiro atoms. The second-order valence-corrected chi connectivity index (χ2v) is 5.14. The van der Waals surface area contributed by atoms with E-state index in [2.05, 4.69) is 0 Å². The molecule has 1 aromatic carbocycles. The summed E-state index contributed by atoms with van der Waals surface area (Å²) in [6.07, 6.45) is 0. The van der Waals surface area contributed by atoms with Crippen molar-refractivity contribution < 1.29 is 9.21 Å². The molecule has 0 radical (unpaired) electrons. The van der Waals surface area contributed by atoms with E-state index in [-0.39, 0.29) is 5.78 Å². The van der Waals surface area contributed by atoms with E-state index in [0.717, 1.165) is 22.0 Å². The van der Waals surface area contributed by atoms with Crippen molar-refractivity contribution in [1.82, 2.24) is 0 Å². The summed E-state index contributed by atoms with van der Waals surface area (Å²) in [5.74, 6) is 2.33. The predicted molar refractivity (Wildman–Crippen MR) is 74.1 cm³/mol. The first-order valence-electron chi connectivity index (χ1n) is 5.77. The van der Waals surface area contributed by atoms with Gasteiger partial charge in [0.2, 0.25) is 0 Å². The lowest BCUT2D eigenvalue weighted by Crippen LogP contribution is -2.01. The molecule has 0 fully saturated rings. The fraction of sp³-hybridized carbons (Fsp3) is 0.200. The first-order valence-corrected chi connectivity index (χ1v) is 6.76. The number of hydrogen-bond acceptors (Lipinski definition) is 2. The molecule has 2 nitrogen and oxygen atoms in total. The van der Waals surface area contributed by atoms with Gasteiger partial charge in [0.1, 0.15) is 0 Å². The van der Waals surface area contributed by atoms with E-state index in [1.165, 1.54) is 0 Å². The van der Waals surface area contributed by atoms with Crippen LogP contribution in [0.2, 0.25) is 0 Å². The quantitative estimate of drug-likeness (QED) is 0.469. The van der Waals surface area contributed by atoms with E-state index in [9.17, 15) is 4.79 Å². The Bertz CT molecular complexity index is 529. The largest absolute Gasteiger partial charge is 0.327 e. The standard InChI is InChI=1S/C15H15O2S/c1-11-8-14(9-12(2)17-11)18-10-15(16)13-6-4-3-5-7-13/h3-9H,10H2,1-2H3/q+1. The lowest BCUT2D eigenvalue weighted by molar-refractivity contribution is 0.102. The lowest BCUT2D eigenvalue weighted by Gasteiger charge is -2.00. The Balaban J connectivity index is 2.02. The SMILES string of the molecule is Cc1cc(SCC(=O)c2ccccc2)cc(C)[o+]1. The second kappa shape index (κ2) is 5.83. The van der Waals surface area contributed by atoms with Crippen LogP contribution in [0, 0.1) is 13.8 Å². The Hall–Kier alpha value is -1.61. The maximum absolute atomic E-state index is 11.9. The monoisotopic (exact) mass is 259 g/mol. The van der Waals surface area contributed by atoms with Gasteiger partial charge >= 0.3 is 11.5 Å². The van der Waals surface area contributed by atoms with Crippen molar-refractivity contribution in [3.05, 3.63) is 59.5 Å². The summed E-state index contributed by atoms with van der Waals surface area (Å²) in [5.41, 5.74) is 0.763. The molecule has 2 aromatic rings. The Kier molecular flexibility index (Phi) is 4.15. The summed E-state index contributed by atoms with van der Waals surface area (Å²) in [5, 5.41) is 0. The molecule has 0 saturated heterocycles. The van der Waals surface area contributed by atoms with Gasteiger partial charge < -0.3 is 0 Å². The minimum Gasteiger partial charge on any atom is -0.293 e. The van der Waals surface area contributed by atoms with Gasteiger partial charge in [0, 0.05) is 10.5 Å². The number of thioether (sulfide) groups is 1. The Morgan fingerprint density at radius 1 is 1.11 bits per heavy atom. The summed E-state index contributed by atoms with van der Waals surface area (Å²) in [6.45, 7) is 3.83. The highest BCUT2D eigenvalue weighted by atomic mass is 32.2. The highest BCUT2D eigenvalue weighted by Gasteiger charge is 2.11. The fourth-order valence-electron chi connectivity index (χ4n) is 1.69. The molecule has 0 N–H and O–H groups in total. The summed E-state index contributed by atoms with van der Waals surface area (Å²) in [7, 11) is 0. The van der Waals surface area contributed by atoms with Gasteiger partial charge in [-0.25, -0.2) is 4.42 Å². The maximum atomic E-state index is 11.9. The van der Waals surface area contributed by atoms with Crippen molar-refractivity contribution in [3.63, 3.8) is 0 Å². The molecule has 1 heterocycles. The summed E-state index contributed by atoms with van der Waals surface area (Å²) >= 11 is 1.54. The zero-order chi connectivity index (χ0) is 13.0.